The van der Waals surface area contributed by atoms with E-state index in [9.17, 15) is 26.7 Å². The Morgan fingerprint density at radius 1 is 1.21 bits per heavy atom. The van der Waals surface area contributed by atoms with Gasteiger partial charge in [0.15, 0.2) is 6.61 Å². The molecule has 28 heavy (non-hydrogen) atoms. The van der Waals surface area contributed by atoms with Crippen LogP contribution in [-0.2, 0) is 24.6 Å². The summed E-state index contributed by atoms with van der Waals surface area (Å²) in [7, 11) is -4.56. The predicted octanol–water partition coefficient (Wildman–Crippen LogP) is 4.87. The highest BCUT2D eigenvalue weighted by Gasteiger charge is 2.39. The van der Waals surface area contributed by atoms with Crippen molar-refractivity contribution in [2.24, 2.45) is 0 Å². The fourth-order valence-corrected chi connectivity index (χ4v) is 4.87. The highest BCUT2D eigenvalue weighted by atomic mass is 32.2. The molecule has 1 aromatic carbocycles. The van der Waals surface area contributed by atoms with Gasteiger partial charge in [0.1, 0.15) is 10.9 Å². The molecule has 1 atom stereocenters. The molecule has 0 aromatic heterocycles. The number of halogens is 3. The molecule has 9 heteroatoms. The van der Waals surface area contributed by atoms with E-state index in [0.717, 1.165) is 11.1 Å². The predicted molar refractivity (Wildman–Crippen MR) is 98.1 cm³/mol. The molecule has 0 saturated heterocycles. The zero-order chi connectivity index (χ0) is 21.2. The summed E-state index contributed by atoms with van der Waals surface area (Å²) in [5, 5.41) is 9.17. The smallest absolute Gasteiger partial charge is 0.413 e. The number of rotatable bonds is 6. The Labute approximate surface area is 163 Å². The molecule has 0 aliphatic heterocycles. The maximum absolute atomic E-state index is 12.4. The lowest BCUT2D eigenvalue weighted by atomic mass is 9.92. The second kappa shape index (κ2) is 8.32. The highest BCUT2D eigenvalue weighted by molar-refractivity contribution is 7.87. The molecule has 5 nitrogen and oxygen atoms in total. The number of ether oxygens (including phenoxy) is 1. The molecule has 0 heterocycles. The number of aryl methyl sites for hydroxylation is 1. The Balaban J connectivity index is 2.30. The Bertz CT molecular complexity index is 828. The average Bonchev–Trinajstić information content (AvgIpc) is 2.59. The largest absolute Gasteiger partial charge is 0.481 e. The highest BCUT2D eigenvalue weighted by Crippen LogP contribution is 2.36. The van der Waals surface area contributed by atoms with Crippen LogP contribution in [0.25, 0.3) is 0 Å². The number of alkyl halides is 3. The molecule has 0 amide bonds. The topological polar surface area (TPSA) is 72.8 Å². The third-order valence-corrected chi connectivity index (χ3v) is 6.37. The summed E-state index contributed by atoms with van der Waals surface area (Å²) in [4.78, 5) is 0. The third-order valence-electron chi connectivity index (χ3n) is 4.71. The zero-order valence-corrected chi connectivity index (χ0v) is 16.9. The minimum absolute atomic E-state index is 0.0510. The summed E-state index contributed by atoms with van der Waals surface area (Å²) < 4.78 is 71.7. The van der Waals surface area contributed by atoms with Crippen LogP contribution in [0.5, 0.6) is 0 Å². The van der Waals surface area contributed by atoms with E-state index in [1.807, 2.05) is 31.2 Å². The van der Waals surface area contributed by atoms with E-state index >= 15 is 0 Å². The van der Waals surface area contributed by atoms with Crippen molar-refractivity contribution in [3.05, 3.63) is 46.9 Å². The molecular weight excluding hydrogens is 397 g/mol. The van der Waals surface area contributed by atoms with Gasteiger partial charge in [-0.1, -0.05) is 30.7 Å². The van der Waals surface area contributed by atoms with E-state index in [0.29, 0.717) is 12.8 Å². The first-order chi connectivity index (χ1) is 12.8. The molecular formula is C19H25F3O5S. The molecule has 1 N–H and O–H groups in total. The first-order valence-corrected chi connectivity index (χ1v) is 10.4. The second-order valence-corrected chi connectivity index (χ2v) is 9.15. The van der Waals surface area contributed by atoms with Crippen LogP contribution in [0.15, 0.2) is 35.8 Å². The van der Waals surface area contributed by atoms with Crippen LogP contribution in [0.3, 0.4) is 0 Å². The summed E-state index contributed by atoms with van der Waals surface area (Å²) in [6, 6.07) is 7.38. The lowest BCUT2D eigenvalue weighted by molar-refractivity contribution is -0.152. The summed E-state index contributed by atoms with van der Waals surface area (Å²) >= 11 is 0. The van der Waals surface area contributed by atoms with E-state index in [1.54, 1.807) is 13.8 Å². The maximum Gasteiger partial charge on any atom is 0.413 e. The summed E-state index contributed by atoms with van der Waals surface area (Å²) in [5.41, 5.74) is 0.800. The first-order valence-electron chi connectivity index (χ1n) is 8.95. The van der Waals surface area contributed by atoms with Crippen molar-refractivity contribution < 1.29 is 35.6 Å². The van der Waals surface area contributed by atoms with Crippen LogP contribution in [0.2, 0.25) is 0 Å². The van der Waals surface area contributed by atoms with E-state index in [4.69, 9.17) is 4.74 Å². The summed E-state index contributed by atoms with van der Waals surface area (Å²) in [6.07, 6.45) is -3.41. The van der Waals surface area contributed by atoms with Crippen LogP contribution in [-0.4, -0.2) is 31.6 Å². The van der Waals surface area contributed by atoms with Gasteiger partial charge >= 0.3 is 6.18 Å². The van der Waals surface area contributed by atoms with Crippen LogP contribution in [0.1, 0.15) is 50.7 Å². The fraction of sp³-hybridized carbons (Fsp3) is 0.579. The van der Waals surface area contributed by atoms with Gasteiger partial charge in [-0.25, -0.2) is 0 Å². The van der Waals surface area contributed by atoms with Gasteiger partial charge in [0.05, 0.1) is 0 Å². The number of benzene rings is 1. The average molecular weight is 422 g/mol. The number of hydrogen-bond donors (Lipinski definition) is 1. The van der Waals surface area contributed by atoms with Crippen LogP contribution in [0.4, 0.5) is 13.2 Å². The number of aliphatic hydroxyl groups excluding tert-OH is 1. The Kier molecular flexibility index (Phi) is 6.70. The lowest BCUT2D eigenvalue weighted by Crippen LogP contribution is -2.33. The monoisotopic (exact) mass is 422 g/mol. The molecule has 1 saturated carbocycles. The van der Waals surface area contributed by atoms with Gasteiger partial charge in [0.2, 0.25) is 0 Å². The SMILES string of the molecule is Cc1ccccc1C(C)(C)O/C(O)=C1/CCCCC1S(=O)(=O)OCC(F)(F)F. The third kappa shape index (κ3) is 5.64. The van der Waals surface area contributed by atoms with Gasteiger partial charge in [0, 0.05) is 5.57 Å². The van der Waals surface area contributed by atoms with Gasteiger partial charge in [0.25, 0.3) is 16.1 Å². The van der Waals surface area contributed by atoms with Gasteiger partial charge < -0.3 is 9.84 Å². The summed E-state index contributed by atoms with van der Waals surface area (Å²) in [6.45, 7) is 3.43. The van der Waals surface area contributed by atoms with Crippen LogP contribution < -0.4 is 0 Å². The van der Waals surface area contributed by atoms with Crippen LogP contribution in [0, 0.1) is 6.92 Å². The molecule has 0 bridgehead atoms. The van der Waals surface area contributed by atoms with E-state index in [2.05, 4.69) is 4.18 Å². The Morgan fingerprint density at radius 3 is 2.46 bits per heavy atom. The molecule has 0 radical (unpaired) electrons. The number of aliphatic hydroxyl groups is 1. The molecule has 1 fully saturated rings. The molecule has 158 valence electrons. The number of hydrogen-bond acceptors (Lipinski definition) is 5. The second-order valence-electron chi connectivity index (χ2n) is 7.36. The quantitative estimate of drug-likeness (QED) is 0.523. The first kappa shape index (κ1) is 22.5. The van der Waals surface area contributed by atoms with E-state index in [1.165, 1.54) is 0 Å². The van der Waals surface area contributed by atoms with Crippen molar-refractivity contribution in [2.45, 2.75) is 63.5 Å². The molecule has 1 unspecified atom stereocenters. The molecule has 1 aliphatic rings. The van der Waals surface area contributed by atoms with Gasteiger partial charge in [-0.3, -0.25) is 4.18 Å². The van der Waals surface area contributed by atoms with Crippen molar-refractivity contribution in [3.63, 3.8) is 0 Å². The van der Waals surface area contributed by atoms with E-state index in [-0.39, 0.29) is 18.4 Å². The maximum atomic E-state index is 12.4. The molecule has 0 spiro atoms. The molecule has 1 aliphatic carbocycles. The van der Waals surface area contributed by atoms with Crippen LogP contribution >= 0.6 is 0 Å². The standard InChI is InChI=1S/C19H25F3O5S/c1-13-8-4-6-10-15(13)18(2,3)27-17(23)14-9-5-7-11-16(14)28(24,25)26-12-19(20,21)22/h4,6,8,10,16,23H,5,7,9,11-12H2,1-3H3/b17-14-. The zero-order valence-electron chi connectivity index (χ0n) is 16.0. The van der Waals surface area contributed by atoms with E-state index < -0.39 is 39.7 Å². The van der Waals surface area contributed by atoms with Gasteiger partial charge in [-0.15, -0.1) is 0 Å². The van der Waals surface area contributed by atoms with Crippen molar-refractivity contribution in [1.29, 1.82) is 0 Å². The molecule has 2 rings (SSSR count). The minimum atomic E-state index is -4.77. The minimum Gasteiger partial charge on any atom is -0.481 e. The fourth-order valence-electron chi connectivity index (χ4n) is 3.39. The Hall–Kier alpha value is -1.74. The van der Waals surface area contributed by atoms with Crippen molar-refractivity contribution >= 4 is 10.1 Å². The lowest BCUT2D eigenvalue weighted by Gasteiger charge is -2.31. The van der Waals surface area contributed by atoms with Crippen molar-refractivity contribution in [3.8, 4) is 0 Å². The van der Waals surface area contributed by atoms with Crippen molar-refractivity contribution in [1.82, 2.24) is 0 Å². The summed E-state index contributed by atoms with van der Waals surface area (Å²) in [5.74, 6) is -0.572. The molecule has 1 aromatic rings. The van der Waals surface area contributed by atoms with Gasteiger partial charge in [-0.2, -0.15) is 21.6 Å². The van der Waals surface area contributed by atoms with Crippen molar-refractivity contribution in [2.75, 3.05) is 6.61 Å². The normalized spacial score (nSPS) is 20.7. The Morgan fingerprint density at radius 2 is 1.86 bits per heavy atom. The van der Waals surface area contributed by atoms with Gasteiger partial charge in [-0.05, 0) is 51.2 Å².